The molecule has 46 heavy (non-hydrogen) atoms. The molecule has 234 valence electrons. The standard InChI is InChI=1S/C33H29FN6O4S2/c1-43-28-11-6-5-10-26(28)39-30(19-35-31(41)20-44-24-8-3-2-4-9-24)36-37-33(39)46-21-32(42)40-27(22-13-15-23(34)16-14-22)18-25(38-40)29-12-7-17-45-29/h2-17,27H,18-21H2,1H3,(H,35,41)/t27-/m0/s1. The summed E-state index contributed by atoms with van der Waals surface area (Å²) in [6.07, 6.45) is 0.512. The zero-order valence-corrected chi connectivity index (χ0v) is 26.3. The third-order valence-corrected chi connectivity index (χ3v) is 8.97. The fourth-order valence-corrected chi connectivity index (χ4v) is 6.47. The molecule has 3 aromatic carbocycles. The van der Waals surface area contributed by atoms with Gasteiger partial charge in [0, 0.05) is 6.42 Å². The number of hydrogen-bond donors (Lipinski definition) is 1. The van der Waals surface area contributed by atoms with Gasteiger partial charge in [0.05, 0.1) is 41.7 Å². The second-order valence-corrected chi connectivity index (χ2v) is 12.0. The molecule has 0 bridgehead atoms. The number of amides is 2. The number of thiophene rings is 1. The minimum atomic E-state index is -0.373. The first-order valence-corrected chi connectivity index (χ1v) is 16.2. The van der Waals surface area contributed by atoms with Crippen LogP contribution in [0.2, 0.25) is 0 Å². The number of carbonyl (C=O) groups is 2. The number of hydrazone groups is 1. The highest BCUT2D eigenvalue weighted by Gasteiger charge is 2.34. The summed E-state index contributed by atoms with van der Waals surface area (Å²) in [5.41, 5.74) is 2.24. The quantitative estimate of drug-likeness (QED) is 0.173. The normalized spacial score (nSPS) is 14.2. The van der Waals surface area contributed by atoms with Gasteiger partial charge in [-0.2, -0.15) is 5.10 Å². The molecule has 0 unspecified atom stereocenters. The van der Waals surface area contributed by atoms with Crippen LogP contribution in [0.25, 0.3) is 5.69 Å². The van der Waals surface area contributed by atoms with Crippen molar-refractivity contribution in [1.29, 1.82) is 0 Å². The first-order chi connectivity index (χ1) is 22.5. The number of carbonyl (C=O) groups excluding carboxylic acids is 2. The number of ether oxygens (including phenoxy) is 2. The number of halogens is 1. The Bertz CT molecular complexity index is 1830. The van der Waals surface area contributed by atoms with E-state index < -0.39 is 0 Å². The molecule has 0 aliphatic carbocycles. The van der Waals surface area contributed by atoms with Crippen molar-refractivity contribution in [3.05, 3.63) is 118 Å². The number of methoxy groups -OCH3 is 1. The smallest absolute Gasteiger partial charge is 0.258 e. The zero-order chi connectivity index (χ0) is 31.9. The fourth-order valence-electron chi connectivity index (χ4n) is 4.93. The van der Waals surface area contributed by atoms with Crippen LogP contribution in [0.1, 0.15) is 28.7 Å². The Morgan fingerprint density at radius 2 is 1.78 bits per heavy atom. The Kier molecular flexibility index (Phi) is 9.70. The number of benzene rings is 3. The molecular weight excluding hydrogens is 628 g/mol. The number of nitrogens with one attached hydrogen (secondary N) is 1. The van der Waals surface area contributed by atoms with E-state index in [-0.39, 0.29) is 42.6 Å². The van der Waals surface area contributed by atoms with Crippen molar-refractivity contribution in [3.63, 3.8) is 0 Å². The maximum atomic E-state index is 13.7. The molecular formula is C33H29FN6O4S2. The molecule has 1 N–H and O–H groups in total. The second-order valence-electron chi connectivity index (χ2n) is 10.1. The summed E-state index contributed by atoms with van der Waals surface area (Å²) in [7, 11) is 1.56. The molecule has 5 aromatic rings. The van der Waals surface area contributed by atoms with Crippen LogP contribution in [0.4, 0.5) is 4.39 Å². The largest absolute Gasteiger partial charge is 0.495 e. The van der Waals surface area contributed by atoms with E-state index in [1.807, 2.05) is 60.0 Å². The van der Waals surface area contributed by atoms with Gasteiger partial charge in [-0.05, 0) is 53.4 Å². The van der Waals surface area contributed by atoms with Crippen LogP contribution < -0.4 is 14.8 Å². The van der Waals surface area contributed by atoms with Crippen molar-refractivity contribution in [2.24, 2.45) is 5.10 Å². The van der Waals surface area contributed by atoms with Gasteiger partial charge in [-0.3, -0.25) is 14.2 Å². The molecule has 2 amide bonds. The van der Waals surface area contributed by atoms with E-state index in [4.69, 9.17) is 14.6 Å². The van der Waals surface area contributed by atoms with E-state index in [0.717, 1.165) is 16.2 Å². The van der Waals surface area contributed by atoms with Crippen LogP contribution in [0, 0.1) is 5.82 Å². The van der Waals surface area contributed by atoms with E-state index >= 15 is 0 Å². The lowest BCUT2D eigenvalue weighted by Gasteiger charge is -2.22. The van der Waals surface area contributed by atoms with Crippen LogP contribution in [-0.2, 0) is 16.1 Å². The van der Waals surface area contributed by atoms with Crippen LogP contribution in [0.5, 0.6) is 11.5 Å². The molecule has 3 heterocycles. The van der Waals surface area contributed by atoms with E-state index in [9.17, 15) is 14.0 Å². The molecule has 13 heteroatoms. The summed E-state index contributed by atoms with van der Waals surface area (Å²) in [6, 6.07) is 26.1. The monoisotopic (exact) mass is 656 g/mol. The van der Waals surface area contributed by atoms with Crippen molar-refractivity contribution in [3.8, 4) is 17.2 Å². The number of thioether (sulfide) groups is 1. The molecule has 6 rings (SSSR count). The highest BCUT2D eigenvalue weighted by Crippen LogP contribution is 2.35. The van der Waals surface area contributed by atoms with Gasteiger partial charge in [-0.1, -0.05) is 60.3 Å². The average molecular weight is 657 g/mol. The topological polar surface area (TPSA) is 111 Å². The third-order valence-electron chi connectivity index (χ3n) is 7.13. The van der Waals surface area contributed by atoms with E-state index in [0.29, 0.717) is 34.6 Å². The number of para-hydroxylation sites is 3. The molecule has 1 aliphatic rings. The summed E-state index contributed by atoms with van der Waals surface area (Å²) in [4.78, 5) is 27.3. The van der Waals surface area contributed by atoms with Gasteiger partial charge < -0.3 is 14.8 Å². The Labute approximate surface area is 272 Å². The van der Waals surface area contributed by atoms with Crippen LogP contribution in [0.3, 0.4) is 0 Å². The highest BCUT2D eigenvalue weighted by molar-refractivity contribution is 7.99. The Morgan fingerprint density at radius 3 is 2.54 bits per heavy atom. The van der Waals surface area contributed by atoms with Crippen molar-refractivity contribution < 1.29 is 23.5 Å². The lowest BCUT2D eigenvalue weighted by Crippen LogP contribution is -2.29. The molecule has 0 fully saturated rings. The molecule has 0 spiro atoms. The predicted molar refractivity (Wildman–Crippen MR) is 174 cm³/mol. The first kappa shape index (κ1) is 31.0. The Morgan fingerprint density at radius 1 is 1.00 bits per heavy atom. The number of rotatable bonds is 12. The zero-order valence-electron chi connectivity index (χ0n) is 24.7. The van der Waals surface area contributed by atoms with Crippen molar-refractivity contribution >= 4 is 40.6 Å². The second kappa shape index (κ2) is 14.4. The summed E-state index contributed by atoms with van der Waals surface area (Å²) in [5, 5.41) is 20.1. The molecule has 0 saturated carbocycles. The van der Waals surface area contributed by atoms with Gasteiger partial charge in [0.2, 0.25) is 0 Å². The van der Waals surface area contributed by atoms with Crippen molar-refractivity contribution in [2.45, 2.75) is 24.2 Å². The summed E-state index contributed by atoms with van der Waals surface area (Å²) in [6.45, 7) is -0.105. The highest BCUT2D eigenvalue weighted by atomic mass is 32.2. The van der Waals surface area contributed by atoms with Gasteiger partial charge in [-0.25, -0.2) is 9.40 Å². The van der Waals surface area contributed by atoms with Crippen molar-refractivity contribution in [1.82, 2.24) is 25.1 Å². The molecule has 1 atom stereocenters. The summed E-state index contributed by atoms with van der Waals surface area (Å²) >= 11 is 2.75. The van der Waals surface area contributed by atoms with Crippen LogP contribution in [0.15, 0.2) is 107 Å². The van der Waals surface area contributed by atoms with Crippen molar-refractivity contribution in [2.75, 3.05) is 19.5 Å². The Balaban J connectivity index is 1.21. The lowest BCUT2D eigenvalue weighted by atomic mass is 10.0. The van der Waals surface area contributed by atoms with Gasteiger partial charge in [-0.15, -0.1) is 21.5 Å². The minimum absolute atomic E-state index is 0.00344. The molecule has 2 aromatic heterocycles. The number of aromatic nitrogens is 3. The van der Waals surface area contributed by atoms with E-state index in [1.54, 1.807) is 47.3 Å². The molecule has 1 aliphatic heterocycles. The minimum Gasteiger partial charge on any atom is -0.495 e. The first-order valence-electron chi connectivity index (χ1n) is 14.3. The predicted octanol–water partition coefficient (Wildman–Crippen LogP) is 5.64. The molecule has 0 radical (unpaired) electrons. The summed E-state index contributed by atoms with van der Waals surface area (Å²) in [5.74, 6) is 0.679. The maximum Gasteiger partial charge on any atom is 0.258 e. The van der Waals surface area contributed by atoms with Gasteiger partial charge in [0.1, 0.15) is 17.3 Å². The SMILES string of the molecule is COc1ccccc1-n1c(CNC(=O)COc2ccccc2)nnc1SCC(=O)N1N=C(c2cccs2)C[C@H]1c1ccc(F)cc1. The molecule has 10 nitrogen and oxygen atoms in total. The molecule has 0 saturated heterocycles. The summed E-state index contributed by atoms with van der Waals surface area (Å²) < 4.78 is 26.6. The van der Waals surface area contributed by atoms with Gasteiger partial charge in [0.25, 0.3) is 11.8 Å². The average Bonchev–Trinajstić information content (AvgIpc) is 3.86. The maximum absolute atomic E-state index is 13.7. The lowest BCUT2D eigenvalue weighted by molar-refractivity contribution is -0.130. The third kappa shape index (κ3) is 7.11. The van der Waals surface area contributed by atoms with Gasteiger partial charge in [0.15, 0.2) is 17.6 Å². The Hall–Kier alpha value is -5.01. The number of nitrogens with zero attached hydrogens (tertiary/aromatic N) is 5. The van der Waals surface area contributed by atoms with Crippen LogP contribution >= 0.6 is 23.1 Å². The van der Waals surface area contributed by atoms with Crippen LogP contribution in [-0.4, -0.2) is 56.8 Å². The number of hydrogen-bond acceptors (Lipinski definition) is 9. The van der Waals surface area contributed by atoms with Gasteiger partial charge >= 0.3 is 0 Å². The fraction of sp³-hybridized carbons (Fsp3) is 0.182. The van der Waals surface area contributed by atoms with E-state index in [1.165, 1.54) is 28.9 Å². The van der Waals surface area contributed by atoms with E-state index in [2.05, 4.69) is 15.5 Å².